The summed E-state index contributed by atoms with van der Waals surface area (Å²) in [6, 6.07) is 5.87. The van der Waals surface area contributed by atoms with Crippen molar-refractivity contribution in [1.29, 1.82) is 0 Å². The monoisotopic (exact) mass is 286 g/mol. The van der Waals surface area contributed by atoms with E-state index in [4.69, 9.17) is 5.73 Å². The van der Waals surface area contributed by atoms with Crippen LogP contribution in [0.1, 0.15) is 49.2 Å². The van der Waals surface area contributed by atoms with Crippen molar-refractivity contribution in [3.05, 3.63) is 34.9 Å². The lowest BCUT2D eigenvalue weighted by molar-refractivity contribution is 0.0682. The number of hydrogen-bond donors (Lipinski definition) is 1. The van der Waals surface area contributed by atoms with Gasteiger partial charge in [-0.25, -0.2) is 0 Å². The molecule has 0 saturated heterocycles. The van der Waals surface area contributed by atoms with Crippen molar-refractivity contribution in [3.63, 3.8) is 0 Å². The molecule has 0 aromatic heterocycles. The Balaban J connectivity index is 3.10. The fourth-order valence-corrected chi connectivity index (χ4v) is 2.12. The standard InChI is InChI=1S/C18H26N2O/c1-13(2)12-20(14(3)4)18(21)17-9-8-15(5)16(11-17)7-6-10-19/h8-9,11,13-14H,10,12,19H2,1-5H3. The fourth-order valence-electron chi connectivity index (χ4n) is 2.12. The number of carbonyl (C=O) groups excluding carboxylic acids is 1. The first kappa shape index (κ1) is 17.3. The van der Waals surface area contributed by atoms with Crippen molar-refractivity contribution in [2.45, 2.75) is 40.7 Å². The van der Waals surface area contributed by atoms with Crippen LogP contribution < -0.4 is 5.73 Å². The molecule has 1 aromatic carbocycles. The lowest BCUT2D eigenvalue weighted by Crippen LogP contribution is -2.39. The Labute approximate surface area is 128 Å². The van der Waals surface area contributed by atoms with Crippen LogP contribution in [0.3, 0.4) is 0 Å². The van der Waals surface area contributed by atoms with E-state index in [1.54, 1.807) is 0 Å². The average molecular weight is 286 g/mol. The molecule has 3 nitrogen and oxygen atoms in total. The minimum Gasteiger partial charge on any atom is -0.336 e. The van der Waals surface area contributed by atoms with E-state index < -0.39 is 0 Å². The molecule has 0 radical (unpaired) electrons. The second-order valence-electron chi connectivity index (χ2n) is 5.98. The molecule has 0 unspecified atom stereocenters. The van der Waals surface area contributed by atoms with Crippen LogP contribution in [0.4, 0.5) is 0 Å². The van der Waals surface area contributed by atoms with E-state index in [9.17, 15) is 4.79 Å². The summed E-state index contributed by atoms with van der Waals surface area (Å²) in [6.07, 6.45) is 0. The molecule has 1 amide bonds. The van der Waals surface area contributed by atoms with Gasteiger partial charge in [-0.2, -0.15) is 0 Å². The highest BCUT2D eigenvalue weighted by atomic mass is 16.2. The summed E-state index contributed by atoms with van der Waals surface area (Å²) in [5.41, 5.74) is 8.05. The second-order valence-corrected chi connectivity index (χ2v) is 5.98. The largest absolute Gasteiger partial charge is 0.336 e. The lowest BCUT2D eigenvalue weighted by Gasteiger charge is -2.28. The average Bonchev–Trinajstić information content (AvgIpc) is 2.42. The van der Waals surface area contributed by atoms with Crippen molar-refractivity contribution >= 4 is 5.91 Å². The summed E-state index contributed by atoms with van der Waals surface area (Å²) in [5, 5.41) is 0. The van der Waals surface area contributed by atoms with Crippen molar-refractivity contribution < 1.29 is 4.79 Å². The van der Waals surface area contributed by atoms with Gasteiger partial charge in [-0.3, -0.25) is 4.79 Å². The van der Waals surface area contributed by atoms with Crippen LogP contribution >= 0.6 is 0 Å². The molecule has 21 heavy (non-hydrogen) atoms. The molecule has 0 fully saturated rings. The third-order valence-electron chi connectivity index (χ3n) is 3.26. The van der Waals surface area contributed by atoms with Crippen molar-refractivity contribution in [2.75, 3.05) is 13.1 Å². The number of amides is 1. The third-order valence-corrected chi connectivity index (χ3v) is 3.26. The first-order valence-electron chi connectivity index (χ1n) is 7.47. The minimum absolute atomic E-state index is 0.0644. The number of benzene rings is 1. The number of nitrogens with zero attached hydrogens (tertiary/aromatic N) is 1. The molecule has 1 aromatic rings. The predicted octanol–water partition coefficient (Wildman–Crippen LogP) is 2.81. The van der Waals surface area contributed by atoms with Gasteiger partial charge in [0.05, 0.1) is 6.54 Å². The van der Waals surface area contributed by atoms with Gasteiger partial charge in [-0.05, 0) is 44.4 Å². The Kier molecular flexibility index (Phi) is 6.45. The molecule has 1 rings (SSSR count). The maximum Gasteiger partial charge on any atom is 0.254 e. The van der Waals surface area contributed by atoms with Gasteiger partial charge in [0.1, 0.15) is 0 Å². The topological polar surface area (TPSA) is 46.3 Å². The van der Waals surface area contributed by atoms with Crippen LogP contribution in [0.5, 0.6) is 0 Å². The summed E-state index contributed by atoms with van der Waals surface area (Å²) in [6.45, 7) is 11.4. The molecule has 114 valence electrons. The van der Waals surface area contributed by atoms with Crippen LogP contribution in [0.25, 0.3) is 0 Å². The molecule has 3 heteroatoms. The Morgan fingerprint density at radius 3 is 2.48 bits per heavy atom. The molecular weight excluding hydrogens is 260 g/mol. The third kappa shape index (κ3) is 4.91. The van der Waals surface area contributed by atoms with Gasteiger partial charge in [0, 0.05) is 23.7 Å². The fraction of sp³-hybridized carbons (Fsp3) is 0.500. The molecular formula is C18H26N2O. The van der Waals surface area contributed by atoms with Crippen molar-refractivity contribution in [2.24, 2.45) is 11.7 Å². The van der Waals surface area contributed by atoms with E-state index in [-0.39, 0.29) is 11.9 Å². The highest BCUT2D eigenvalue weighted by molar-refractivity contribution is 5.95. The van der Waals surface area contributed by atoms with Gasteiger partial charge in [0.25, 0.3) is 5.91 Å². The Morgan fingerprint density at radius 2 is 1.95 bits per heavy atom. The van der Waals surface area contributed by atoms with E-state index >= 15 is 0 Å². The summed E-state index contributed by atoms with van der Waals surface area (Å²) in [4.78, 5) is 14.6. The Bertz CT molecular complexity index is 550. The van der Waals surface area contributed by atoms with Crippen LogP contribution in [0, 0.1) is 24.7 Å². The molecule has 0 spiro atoms. The number of carbonyl (C=O) groups is 1. The van der Waals surface area contributed by atoms with Gasteiger partial charge >= 0.3 is 0 Å². The molecule has 0 aliphatic rings. The SMILES string of the molecule is Cc1ccc(C(=O)N(CC(C)C)C(C)C)cc1C#CCN. The zero-order valence-corrected chi connectivity index (χ0v) is 13.7. The molecule has 0 atom stereocenters. The van der Waals surface area contributed by atoms with E-state index in [1.165, 1.54) is 0 Å². The van der Waals surface area contributed by atoms with E-state index in [0.717, 1.165) is 17.7 Å². The van der Waals surface area contributed by atoms with E-state index in [0.29, 0.717) is 18.0 Å². The minimum atomic E-state index is 0.0644. The molecule has 0 heterocycles. The van der Waals surface area contributed by atoms with Gasteiger partial charge in [0.15, 0.2) is 0 Å². The normalized spacial score (nSPS) is 10.5. The first-order chi connectivity index (χ1) is 9.86. The van der Waals surface area contributed by atoms with Gasteiger partial charge < -0.3 is 10.6 Å². The lowest BCUT2D eigenvalue weighted by atomic mass is 10.0. The first-order valence-corrected chi connectivity index (χ1v) is 7.47. The zero-order valence-electron chi connectivity index (χ0n) is 13.7. The Hall–Kier alpha value is -1.79. The van der Waals surface area contributed by atoms with Crippen LogP contribution in [0.2, 0.25) is 0 Å². The maximum absolute atomic E-state index is 12.7. The molecule has 0 aliphatic heterocycles. The maximum atomic E-state index is 12.7. The van der Waals surface area contributed by atoms with Crippen LogP contribution in [-0.4, -0.2) is 29.9 Å². The van der Waals surface area contributed by atoms with Crippen LogP contribution in [0.15, 0.2) is 18.2 Å². The summed E-state index contributed by atoms with van der Waals surface area (Å²) >= 11 is 0. The van der Waals surface area contributed by atoms with Gasteiger partial charge in [-0.1, -0.05) is 31.8 Å². The predicted molar refractivity (Wildman–Crippen MR) is 88.1 cm³/mol. The summed E-state index contributed by atoms with van der Waals surface area (Å²) < 4.78 is 0. The molecule has 0 aliphatic carbocycles. The van der Waals surface area contributed by atoms with E-state index in [1.807, 2.05) is 43.9 Å². The quantitative estimate of drug-likeness (QED) is 0.865. The van der Waals surface area contributed by atoms with Crippen molar-refractivity contribution in [1.82, 2.24) is 4.90 Å². The Morgan fingerprint density at radius 1 is 1.29 bits per heavy atom. The number of rotatable bonds is 4. The molecule has 0 bridgehead atoms. The molecule has 0 saturated carbocycles. The highest BCUT2D eigenvalue weighted by Gasteiger charge is 2.20. The number of nitrogens with two attached hydrogens (primary N) is 1. The van der Waals surface area contributed by atoms with Crippen LogP contribution in [-0.2, 0) is 0 Å². The van der Waals surface area contributed by atoms with Gasteiger partial charge in [-0.15, -0.1) is 0 Å². The van der Waals surface area contributed by atoms with E-state index in [2.05, 4.69) is 25.7 Å². The number of hydrogen-bond acceptors (Lipinski definition) is 2. The number of aryl methyl sites for hydroxylation is 1. The van der Waals surface area contributed by atoms with Crippen molar-refractivity contribution in [3.8, 4) is 11.8 Å². The smallest absolute Gasteiger partial charge is 0.254 e. The second kappa shape index (κ2) is 7.85. The molecule has 2 N–H and O–H groups in total. The zero-order chi connectivity index (χ0) is 16.0. The highest BCUT2D eigenvalue weighted by Crippen LogP contribution is 2.15. The summed E-state index contributed by atoms with van der Waals surface area (Å²) in [5.74, 6) is 6.39. The summed E-state index contributed by atoms with van der Waals surface area (Å²) in [7, 11) is 0. The van der Waals surface area contributed by atoms with Gasteiger partial charge in [0.2, 0.25) is 0 Å².